The lowest BCUT2D eigenvalue weighted by Crippen LogP contribution is -2.13. The van der Waals surface area contributed by atoms with E-state index in [0.29, 0.717) is 12.4 Å². The quantitative estimate of drug-likeness (QED) is 0.674. The second-order valence-electron chi connectivity index (χ2n) is 4.85. The van der Waals surface area contributed by atoms with Gasteiger partial charge in [-0.15, -0.1) is 0 Å². The van der Waals surface area contributed by atoms with Crippen LogP contribution in [-0.4, -0.2) is 22.7 Å². The fourth-order valence-electron chi connectivity index (χ4n) is 2.35. The maximum Gasteiger partial charge on any atom is 0.389 e. The van der Waals surface area contributed by atoms with Gasteiger partial charge in [0.1, 0.15) is 12.1 Å². The molecular weight excluding hydrogens is 255 g/mol. The van der Waals surface area contributed by atoms with E-state index in [1.165, 1.54) is 12.7 Å². The monoisotopic (exact) mass is 273 g/mol. The van der Waals surface area contributed by atoms with Gasteiger partial charge in [-0.2, -0.15) is 13.2 Å². The lowest BCUT2D eigenvalue weighted by Gasteiger charge is -2.12. The Kier molecular flexibility index (Phi) is 4.61. The summed E-state index contributed by atoms with van der Waals surface area (Å²) in [6, 6.07) is 0. The molecule has 1 aromatic heterocycles. The van der Waals surface area contributed by atoms with Gasteiger partial charge >= 0.3 is 6.18 Å². The molecule has 1 heterocycles. The molecule has 1 aliphatic rings. The molecule has 2 rings (SSSR count). The van der Waals surface area contributed by atoms with E-state index in [0.717, 1.165) is 36.9 Å². The Balaban J connectivity index is 1.93. The van der Waals surface area contributed by atoms with Gasteiger partial charge in [0.2, 0.25) is 0 Å². The number of nitrogens with one attached hydrogen (secondary N) is 1. The van der Waals surface area contributed by atoms with Gasteiger partial charge in [0.15, 0.2) is 0 Å². The second-order valence-corrected chi connectivity index (χ2v) is 4.85. The average molecular weight is 273 g/mol. The largest absolute Gasteiger partial charge is 0.389 e. The molecule has 0 unspecified atom stereocenters. The van der Waals surface area contributed by atoms with Crippen LogP contribution in [-0.2, 0) is 12.8 Å². The van der Waals surface area contributed by atoms with Crippen molar-refractivity contribution in [1.29, 1.82) is 0 Å². The van der Waals surface area contributed by atoms with Gasteiger partial charge in [0.05, 0.1) is 0 Å². The van der Waals surface area contributed by atoms with Gasteiger partial charge in [-0.25, -0.2) is 9.97 Å². The summed E-state index contributed by atoms with van der Waals surface area (Å²) in [5.74, 6) is 0.717. The van der Waals surface area contributed by atoms with Gasteiger partial charge in [-0.05, 0) is 32.1 Å². The predicted octanol–water partition coefficient (Wildman–Crippen LogP) is 3.50. The maximum absolute atomic E-state index is 12.1. The van der Waals surface area contributed by atoms with E-state index in [1.54, 1.807) is 0 Å². The summed E-state index contributed by atoms with van der Waals surface area (Å²) >= 11 is 0. The van der Waals surface area contributed by atoms with Crippen LogP contribution >= 0.6 is 0 Å². The number of alkyl halides is 3. The van der Waals surface area contributed by atoms with E-state index in [2.05, 4.69) is 15.3 Å². The number of fused-ring (bicyclic) bond motifs is 1. The summed E-state index contributed by atoms with van der Waals surface area (Å²) in [6.45, 7) is 0.295. The van der Waals surface area contributed by atoms with Gasteiger partial charge in [0.25, 0.3) is 0 Å². The Morgan fingerprint density at radius 2 is 1.89 bits per heavy atom. The van der Waals surface area contributed by atoms with E-state index in [9.17, 15) is 13.2 Å². The lowest BCUT2D eigenvalue weighted by molar-refractivity contribution is -0.134. The van der Waals surface area contributed by atoms with Crippen molar-refractivity contribution in [3.63, 3.8) is 0 Å². The van der Waals surface area contributed by atoms with Crippen molar-refractivity contribution >= 4 is 5.82 Å². The maximum atomic E-state index is 12.1. The zero-order chi connectivity index (χ0) is 13.7. The molecule has 0 spiro atoms. The standard InChI is InChI=1S/C13H18F3N3/c14-13(15,16)7-4-8-17-12-10-5-2-1-3-6-11(10)18-9-19-12/h9H,1-8H2,(H,17,18,19). The number of aromatic nitrogens is 2. The molecule has 6 heteroatoms. The molecule has 1 N–H and O–H groups in total. The molecule has 0 saturated carbocycles. The number of hydrogen-bond acceptors (Lipinski definition) is 3. The molecule has 0 radical (unpaired) electrons. The van der Waals surface area contributed by atoms with Crippen LogP contribution in [0.1, 0.15) is 43.4 Å². The van der Waals surface area contributed by atoms with Crippen LogP contribution in [0, 0.1) is 0 Å². The van der Waals surface area contributed by atoms with Crippen LogP contribution in [0.2, 0.25) is 0 Å². The Bertz CT molecular complexity index is 418. The van der Waals surface area contributed by atoms with Gasteiger partial charge < -0.3 is 5.32 Å². The predicted molar refractivity (Wildman–Crippen MR) is 67.1 cm³/mol. The molecule has 0 bridgehead atoms. The summed E-state index contributed by atoms with van der Waals surface area (Å²) in [5.41, 5.74) is 2.14. The van der Waals surface area contributed by atoms with Crippen molar-refractivity contribution in [3.05, 3.63) is 17.6 Å². The zero-order valence-corrected chi connectivity index (χ0v) is 10.8. The summed E-state index contributed by atoms with van der Waals surface area (Å²) in [4.78, 5) is 8.44. The Morgan fingerprint density at radius 3 is 2.68 bits per heavy atom. The van der Waals surface area contributed by atoms with Gasteiger partial charge in [0, 0.05) is 24.2 Å². The molecule has 106 valence electrons. The van der Waals surface area contributed by atoms with Crippen molar-refractivity contribution in [2.45, 2.75) is 51.1 Å². The fourth-order valence-corrected chi connectivity index (χ4v) is 2.35. The normalized spacial score (nSPS) is 15.7. The molecule has 0 aliphatic heterocycles. The van der Waals surface area contributed by atoms with Crippen molar-refractivity contribution in [2.75, 3.05) is 11.9 Å². The van der Waals surface area contributed by atoms with Crippen LogP contribution in [0.3, 0.4) is 0 Å². The SMILES string of the molecule is FC(F)(F)CCCNc1ncnc2c1CCCCC2. The third-order valence-electron chi connectivity index (χ3n) is 3.30. The van der Waals surface area contributed by atoms with Gasteiger partial charge in [-0.1, -0.05) is 6.42 Å². The molecule has 1 aliphatic carbocycles. The molecule has 0 atom stereocenters. The smallest absolute Gasteiger partial charge is 0.370 e. The minimum Gasteiger partial charge on any atom is -0.370 e. The van der Waals surface area contributed by atoms with E-state index in [1.807, 2.05) is 0 Å². The highest BCUT2D eigenvalue weighted by molar-refractivity contribution is 5.46. The summed E-state index contributed by atoms with van der Waals surface area (Å²) in [5, 5.41) is 3.02. The van der Waals surface area contributed by atoms with Gasteiger partial charge in [-0.3, -0.25) is 0 Å². The molecule has 1 aromatic rings. The number of anilines is 1. The molecule has 0 fully saturated rings. The van der Waals surface area contributed by atoms with Crippen LogP contribution in [0.5, 0.6) is 0 Å². The first-order valence-corrected chi connectivity index (χ1v) is 6.69. The minimum absolute atomic E-state index is 0.0717. The number of hydrogen-bond donors (Lipinski definition) is 1. The summed E-state index contributed by atoms with van der Waals surface area (Å²) in [6.07, 6.45) is 1.97. The topological polar surface area (TPSA) is 37.8 Å². The van der Waals surface area contributed by atoms with E-state index >= 15 is 0 Å². The van der Waals surface area contributed by atoms with Crippen LogP contribution < -0.4 is 5.32 Å². The Morgan fingerprint density at radius 1 is 1.11 bits per heavy atom. The van der Waals surface area contributed by atoms with Crippen molar-refractivity contribution in [1.82, 2.24) is 9.97 Å². The molecule has 0 amide bonds. The van der Waals surface area contributed by atoms with E-state index < -0.39 is 12.6 Å². The summed E-state index contributed by atoms with van der Waals surface area (Å²) < 4.78 is 36.2. The van der Waals surface area contributed by atoms with Crippen LogP contribution in [0.4, 0.5) is 19.0 Å². The highest BCUT2D eigenvalue weighted by Crippen LogP contribution is 2.24. The van der Waals surface area contributed by atoms with Crippen LogP contribution in [0.15, 0.2) is 6.33 Å². The first-order valence-electron chi connectivity index (χ1n) is 6.69. The van der Waals surface area contributed by atoms with E-state index in [4.69, 9.17) is 0 Å². The highest BCUT2D eigenvalue weighted by atomic mass is 19.4. The minimum atomic E-state index is -4.08. The van der Waals surface area contributed by atoms with Crippen LogP contribution in [0.25, 0.3) is 0 Å². The molecule has 0 saturated heterocycles. The van der Waals surface area contributed by atoms with Crippen molar-refractivity contribution in [2.24, 2.45) is 0 Å². The number of nitrogens with zero attached hydrogens (tertiary/aromatic N) is 2. The first-order chi connectivity index (χ1) is 9.06. The Hall–Kier alpha value is -1.33. The number of halogens is 3. The second kappa shape index (κ2) is 6.21. The number of rotatable bonds is 4. The Labute approximate surface area is 110 Å². The highest BCUT2D eigenvalue weighted by Gasteiger charge is 2.26. The van der Waals surface area contributed by atoms with E-state index in [-0.39, 0.29) is 6.42 Å². The molecule has 19 heavy (non-hydrogen) atoms. The molecular formula is C13H18F3N3. The summed E-state index contributed by atoms with van der Waals surface area (Å²) in [7, 11) is 0. The molecule has 0 aromatic carbocycles. The molecule has 3 nitrogen and oxygen atoms in total. The third-order valence-corrected chi connectivity index (χ3v) is 3.30. The zero-order valence-electron chi connectivity index (χ0n) is 10.8. The fraction of sp³-hybridized carbons (Fsp3) is 0.692. The van der Waals surface area contributed by atoms with Crippen molar-refractivity contribution in [3.8, 4) is 0 Å². The van der Waals surface area contributed by atoms with Crippen molar-refractivity contribution < 1.29 is 13.2 Å². The average Bonchev–Trinajstić information content (AvgIpc) is 2.59. The first kappa shape index (κ1) is 14.1. The number of aryl methyl sites for hydroxylation is 1. The lowest BCUT2D eigenvalue weighted by atomic mass is 10.1. The third kappa shape index (κ3) is 4.36.